The summed E-state index contributed by atoms with van der Waals surface area (Å²) in [5.41, 5.74) is 0.439. The average molecular weight is 310 g/mol. The topological polar surface area (TPSA) is 75.6 Å². The van der Waals surface area contributed by atoms with E-state index in [1.54, 1.807) is 24.3 Å². The lowest BCUT2D eigenvalue weighted by molar-refractivity contribution is -0.146. The molecule has 2 rings (SSSR count). The molecule has 0 radical (unpaired) electrons. The number of nitrogens with one attached hydrogen (secondary N) is 1. The Hall–Kier alpha value is -2.01. The highest BCUT2D eigenvalue weighted by Gasteiger charge is 2.34. The van der Waals surface area contributed by atoms with Crippen molar-refractivity contribution in [3.8, 4) is 5.75 Å². The Labute approximate surface area is 127 Å². The van der Waals surface area contributed by atoms with Gasteiger partial charge in [0.25, 0.3) is 0 Å². The predicted octanol–water partition coefficient (Wildman–Crippen LogP) is 2.95. The van der Waals surface area contributed by atoms with Crippen LogP contribution < -0.4 is 10.1 Å². The number of amides is 1. The fourth-order valence-electron chi connectivity index (χ4n) is 2.38. The fourth-order valence-corrected chi connectivity index (χ4v) is 2.55. The van der Waals surface area contributed by atoms with E-state index in [-0.39, 0.29) is 5.91 Å². The average Bonchev–Trinajstić information content (AvgIpc) is 2.47. The molecular formula is C15H16ClNO4. The molecule has 0 fully saturated rings. The number of anilines is 1. The number of hydrogen-bond acceptors (Lipinski definition) is 3. The van der Waals surface area contributed by atoms with Gasteiger partial charge in [0.05, 0.1) is 24.6 Å². The standard InChI is InChI=1S/C15H16ClNO4/c1-21-13-7-6-9(16)8-12(13)17-14(18)10-4-2-3-5-11(10)15(19)20/h2-3,6-8,10-11H,4-5H2,1H3,(H,17,18)(H,19,20). The Bertz CT molecular complexity index is 585. The first-order valence-corrected chi connectivity index (χ1v) is 6.93. The second kappa shape index (κ2) is 6.63. The van der Waals surface area contributed by atoms with Gasteiger partial charge >= 0.3 is 5.97 Å². The van der Waals surface area contributed by atoms with Crippen LogP contribution in [0, 0.1) is 11.8 Å². The molecule has 112 valence electrons. The minimum Gasteiger partial charge on any atom is -0.495 e. The van der Waals surface area contributed by atoms with Crippen molar-refractivity contribution >= 4 is 29.2 Å². The van der Waals surface area contributed by atoms with E-state index < -0.39 is 17.8 Å². The van der Waals surface area contributed by atoms with Crippen LogP contribution in [0.5, 0.6) is 5.75 Å². The number of carbonyl (C=O) groups excluding carboxylic acids is 1. The summed E-state index contributed by atoms with van der Waals surface area (Å²) < 4.78 is 5.16. The summed E-state index contributed by atoms with van der Waals surface area (Å²) in [6.07, 6.45) is 4.40. The number of allylic oxidation sites excluding steroid dienone is 2. The van der Waals surface area contributed by atoms with Gasteiger partial charge in [-0.1, -0.05) is 23.8 Å². The number of rotatable bonds is 4. The van der Waals surface area contributed by atoms with Gasteiger partial charge in [-0.15, -0.1) is 0 Å². The summed E-state index contributed by atoms with van der Waals surface area (Å²) in [5.74, 6) is -2.13. The Morgan fingerprint density at radius 1 is 1.29 bits per heavy atom. The molecule has 6 heteroatoms. The van der Waals surface area contributed by atoms with Crippen molar-refractivity contribution in [3.63, 3.8) is 0 Å². The summed E-state index contributed by atoms with van der Waals surface area (Å²) in [4.78, 5) is 23.6. The molecule has 2 N–H and O–H groups in total. The number of benzene rings is 1. The molecule has 0 bridgehead atoms. The fraction of sp³-hybridized carbons (Fsp3) is 0.333. The molecule has 2 atom stereocenters. The number of aliphatic carboxylic acids is 1. The molecule has 5 nitrogen and oxygen atoms in total. The van der Waals surface area contributed by atoms with Crippen LogP contribution in [-0.4, -0.2) is 24.1 Å². The molecule has 1 aliphatic rings. The van der Waals surface area contributed by atoms with E-state index >= 15 is 0 Å². The van der Waals surface area contributed by atoms with E-state index in [0.29, 0.717) is 29.3 Å². The lowest BCUT2D eigenvalue weighted by Gasteiger charge is -2.24. The second-order valence-electron chi connectivity index (χ2n) is 4.83. The zero-order valence-corrected chi connectivity index (χ0v) is 12.3. The number of carboxylic acids is 1. The van der Waals surface area contributed by atoms with Gasteiger partial charge in [-0.25, -0.2) is 0 Å². The Morgan fingerprint density at radius 3 is 2.57 bits per heavy atom. The summed E-state index contributed by atoms with van der Waals surface area (Å²) >= 11 is 5.91. The first-order chi connectivity index (χ1) is 10.0. The SMILES string of the molecule is COc1ccc(Cl)cc1NC(=O)C1CC=CCC1C(=O)O. The number of ether oxygens (including phenoxy) is 1. The lowest BCUT2D eigenvalue weighted by Crippen LogP contribution is -2.34. The van der Waals surface area contributed by atoms with E-state index in [9.17, 15) is 14.7 Å². The Kier molecular flexibility index (Phi) is 4.85. The normalized spacial score (nSPS) is 20.9. The Morgan fingerprint density at radius 2 is 1.95 bits per heavy atom. The van der Waals surface area contributed by atoms with E-state index in [1.807, 2.05) is 6.08 Å². The highest BCUT2D eigenvalue weighted by molar-refractivity contribution is 6.31. The van der Waals surface area contributed by atoms with Crippen molar-refractivity contribution in [3.05, 3.63) is 35.4 Å². The number of hydrogen-bond donors (Lipinski definition) is 2. The highest BCUT2D eigenvalue weighted by atomic mass is 35.5. The highest BCUT2D eigenvalue weighted by Crippen LogP contribution is 2.31. The maximum atomic E-state index is 12.4. The molecule has 0 spiro atoms. The summed E-state index contributed by atoms with van der Waals surface area (Å²) in [5, 5.41) is 12.4. The minimum atomic E-state index is -0.961. The number of halogens is 1. The number of carboxylic acid groups (broad SMARTS) is 1. The predicted molar refractivity (Wildman–Crippen MR) is 79.6 cm³/mol. The van der Waals surface area contributed by atoms with E-state index in [1.165, 1.54) is 7.11 Å². The van der Waals surface area contributed by atoms with Gasteiger partial charge < -0.3 is 15.2 Å². The molecule has 21 heavy (non-hydrogen) atoms. The van der Waals surface area contributed by atoms with Crippen LogP contribution in [0.3, 0.4) is 0 Å². The van der Waals surface area contributed by atoms with Gasteiger partial charge in [-0.2, -0.15) is 0 Å². The third kappa shape index (κ3) is 3.55. The van der Waals surface area contributed by atoms with Crippen LogP contribution in [0.4, 0.5) is 5.69 Å². The molecule has 0 saturated heterocycles. The van der Waals surface area contributed by atoms with Crippen LogP contribution in [0.2, 0.25) is 5.02 Å². The van der Waals surface area contributed by atoms with Crippen LogP contribution in [0.15, 0.2) is 30.4 Å². The first-order valence-electron chi connectivity index (χ1n) is 6.55. The zero-order chi connectivity index (χ0) is 15.4. The molecule has 1 aliphatic carbocycles. The van der Waals surface area contributed by atoms with Crippen LogP contribution in [0.1, 0.15) is 12.8 Å². The maximum Gasteiger partial charge on any atom is 0.307 e. The third-order valence-electron chi connectivity index (χ3n) is 3.51. The van der Waals surface area contributed by atoms with Gasteiger partial charge in [0.15, 0.2) is 0 Å². The van der Waals surface area contributed by atoms with Crippen molar-refractivity contribution in [1.82, 2.24) is 0 Å². The van der Waals surface area contributed by atoms with E-state index in [2.05, 4.69) is 5.32 Å². The molecule has 2 unspecified atom stereocenters. The summed E-state index contributed by atoms with van der Waals surface area (Å²) in [6, 6.07) is 4.87. The van der Waals surface area contributed by atoms with Crippen molar-refractivity contribution < 1.29 is 19.4 Å². The summed E-state index contributed by atoms with van der Waals surface area (Å²) in [6.45, 7) is 0. The Balaban J connectivity index is 2.19. The quantitative estimate of drug-likeness (QED) is 0.838. The van der Waals surface area contributed by atoms with Gasteiger partial charge in [-0.05, 0) is 31.0 Å². The smallest absolute Gasteiger partial charge is 0.307 e. The van der Waals surface area contributed by atoms with Gasteiger partial charge in [0.1, 0.15) is 5.75 Å². The molecular weight excluding hydrogens is 294 g/mol. The molecule has 1 amide bonds. The van der Waals surface area contributed by atoms with Crippen LogP contribution in [-0.2, 0) is 9.59 Å². The van der Waals surface area contributed by atoms with E-state index in [4.69, 9.17) is 16.3 Å². The third-order valence-corrected chi connectivity index (χ3v) is 3.74. The van der Waals surface area contributed by atoms with Crippen molar-refractivity contribution in [1.29, 1.82) is 0 Å². The van der Waals surface area contributed by atoms with Crippen molar-refractivity contribution in [2.24, 2.45) is 11.8 Å². The number of methoxy groups -OCH3 is 1. The molecule has 0 heterocycles. The summed E-state index contributed by atoms with van der Waals surface area (Å²) in [7, 11) is 1.49. The van der Waals surface area contributed by atoms with Gasteiger partial charge in [0, 0.05) is 5.02 Å². The van der Waals surface area contributed by atoms with Crippen molar-refractivity contribution in [2.75, 3.05) is 12.4 Å². The first kappa shape index (κ1) is 15.4. The maximum absolute atomic E-state index is 12.4. The second-order valence-corrected chi connectivity index (χ2v) is 5.26. The lowest BCUT2D eigenvalue weighted by atomic mass is 9.82. The number of carbonyl (C=O) groups is 2. The zero-order valence-electron chi connectivity index (χ0n) is 11.5. The molecule has 1 aromatic carbocycles. The van der Waals surface area contributed by atoms with Gasteiger partial charge in [-0.3, -0.25) is 9.59 Å². The largest absolute Gasteiger partial charge is 0.495 e. The van der Waals surface area contributed by atoms with Gasteiger partial charge in [0.2, 0.25) is 5.91 Å². The van der Waals surface area contributed by atoms with Crippen molar-refractivity contribution in [2.45, 2.75) is 12.8 Å². The molecule has 1 aromatic rings. The molecule has 0 saturated carbocycles. The monoisotopic (exact) mass is 309 g/mol. The molecule has 0 aromatic heterocycles. The minimum absolute atomic E-state index is 0.340. The van der Waals surface area contributed by atoms with E-state index in [0.717, 1.165) is 0 Å². The van der Waals surface area contributed by atoms with Crippen LogP contribution in [0.25, 0.3) is 0 Å². The van der Waals surface area contributed by atoms with Crippen LogP contribution >= 0.6 is 11.6 Å². The molecule has 0 aliphatic heterocycles.